The molecule has 0 saturated carbocycles. The molecular formula is C41H31NO10. The smallest absolute Gasteiger partial charge is 0.339 e. The minimum atomic E-state index is -1.95. The fraction of sp³-hybridized carbons (Fsp3) is 0.122. The van der Waals surface area contributed by atoms with Gasteiger partial charge in [-0.25, -0.2) is 24.0 Å². The molecule has 0 saturated heterocycles. The number of hydrogen-bond donors (Lipinski definition) is 0. The fourth-order valence-corrected chi connectivity index (χ4v) is 4.90. The second kappa shape index (κ2) is 18.1. The fourth-order valence-electron chi connectivity index (χ4n) is 4.90. The lowest BCUT2D eigenvalue weighted by atomic mass is 10.0. The van der Waals surface area contributed by atoms with Crippen molar-refractivity contribution in [2.24, 2.45) is 0 Å². The van der Waals surface area contributed by atoms with Crippen LogP contribution in [-0.2, 0) is 23.7 Å². The van der Waals surface area contributed by atoms with E-state index in [4.69, 9.17) is 23.7 Å². The molecule has 5 aromatic rings. The van der Waals surface area contributed by atoms with E-state index in [1.165, 1.54) is 60.7 Å². The molecule has 260 valence electrons. The number of esters is 5. The molecule has 0 aliphatic carbocycles. The first-order valence-corrected chi connectivity index (χ1v) is 16.0. The largest absolute Gasteiger partial charge is 0.458 e. The Morgan fingerprint density at radius 1 is 0.423 bits per heavy atom. The van der Waals surface area contributed by atoms with E-state index in [2.05, 4.69) is 0 Å². The average Bonchev–Trinajstić information content (AvgIpc) is 3.21. The molecule has 0 aromatic heterocycles. The Morgan fingerprint density at radius 3 is 1.10 bits per heavy atom. The summed E-state index contributed by atoms with van der Waals surface area (Å²) in [6.45, 7) is -0.747. The number of hydrogen-bond acceptors (Lipinski definition) is 11. The third-order valence-corrected chi connectivity index (χ3v) is 7.52. The lowest BCUT2D eigenvalue weighted by Crippen LogP contribution is -2.53. The van der Waals surface area contributed by atoms with Crippen molar-refractivity contribution in [3.8, 4) is 6.07 Å². The van der Waals surface area contributed by atoms with Crippen LogP contribution in [-0.4, -0.2) is 60.9 Å². The van der Waals surface area contributed by atoms with Gasteiger partial charge in [-0.2, -0.15) is 5.26 Å². The summed E-state index contributed by atoms with van der Waals surface area (Å²) in [6.07, 6.45) is -7.52. The number of carbonyl (C=O) groups is 5. The zero-order chi connectivity index (χ0) is 36.7. The van der Waals surface area contributed by atoms with Gasteiger partial charge < -0.3 is 23.7 Å². The monoisotopic (exact) mass is 697 g/mol. The van der Waals surface area contributed by atoms with Crippen molar-refractivity contribution in [1.29, 1.82) is 5.26 Å². The van der Waals surface area contributed by atoms with Gasteiger partial charge >= 0.3 is 29.8 Å². The number of nitriles is 1. The Kier molecular flexibility index (Phi) is 12.6. The maximum atomic E-state index is 13.7. The number of nitrogens with zero attached hydrogens (tertiary/aromatic N) is 1. The molecule has 0 fully saturated rings. The van der Waals surface area contributed by atoms with Crippen LogP contribution in [0.15, 0.2) is 152 Å². The van der Waals surface area contributed by atoms with Crippen LogP contribution in [0.3, 0.4) is 0 Å². The van der Waals surface area contributed by atoms with Gasteiger partial charge in [-0.15, -0.1) is 0 Å². The molecule has 0 spiro atoms. The minimum absolute atomic E-state index is 0.0417. The van der Waals surface area contributed by atoms with E-state index in [-0.39, 0.29) is 27.8 Å². The molecule has 11 heteroatoms. The second-order valence-corrected chi connectivity index (χ2v) is 11.1. The minimum Gasteiger partial charge on any atom is -0.458 e. The molecule has 0 N–H and O–H groups in total. The Labute approximate surface area is 298 Å². The molecule has 5 rings (SSSR count). The molecular weight excluding hydrogens is 666 g/mol. The van der Waals surface area contributed by atoms with Crippen molar-refractivity contribution in [1.82, 2.24) is 0 Å². The van der Waals surface area contributed by atoms with Gasteiger partial charge in [0.15, 0.2) is 18.3 Å². The van der Waals surface area contributed by atoms with E-state index >= 15 is 0 Å². The van der Waals surface area contributed by atoms with Crippen molar-refractivity contribution >= 4 is 29.8 Å². The van der Waals surface area contributed by atoms with Gasteiger partial charge in [0.1, 0.15) is 12.7 Å². The van der Waals surface area contributed by atoms with Crippen molar-refractivity contribution in [2.45, 2.75) is 24.4 Å². The quantitative estimate of drug-likeness (QED) is 0.0952. The lowest BCUT2D eigenvalue weighted by Gasteiger charge is -2.34. The summed E-state index contributed by atoms with van der Waals surface area (Å²) in [5.41, 5.74) is 0.398. The molecule has 52 heavy (non-hydrogen) atoms. The molecule has 0 aliphatic rings. The summed E-state index contributed by atoms with van der Waals surface area (Å²) in [4.78, 5) is 67.2. The number of carbonyl (C=O) groups excluding carboxylic acids is 5. The molecule has 0 radical (unpaired) electrons. The Bertz CT molecular complexity index is 2000. The summed E-state index contributed by atoms with van der Waals surface area (Å²) in [6, 6.07) is 40.7. The number of benzene rings is 5. The van der Waals surface area contributed by atoms with E-state index in [1.54, 1.807) is 91.0 Å². The van der Waals surface area contributed by atoms with Crippen LogP contribution in [0.5, 0.6) is 0 Å². The third kappa shape index (κ3) is 9.77. The first kappa shape index (κ1) is 36.2. The van der Waals surface area contributed by atoms with Crippen LogP contribution >= 0.6 is 0 Å². The van der Waals surface area contributed by atoms with Crippen LogP contribution in [0.2, 0.25) is 0 Å². The predicted molar refractivity (Wildman–Crippen MR) is 185 cm³/mol. The maximum absolute atomic E-state index is 13.7. The summed E-state index contributed by atoms with van der Waals surface area (Å²) in [5.74, 6) is -4.68. The first-order chi connectivity index (χ1) is 25.3. The van der Waals surface area contributed by atoms with Crippen LogP contribution in [0.25, 0.3) is 0 Å². The van der Waals surface area contributed by atoms with Crippen molar-refractivity contribution in [3.63, 3.8) is 0 Å². The van der Waals surface area contributed by atoms with Crippen molar-refractivity contribution < 1.29 is 47.7 Å². The van der Waals surface area contributed by atoms with Gasteiger partial charge in [0.2, 0.25) is 6.10 Å². The predicted octanol–water partition coefficient (Wildman–Crippen LogP) is 6.27. The number of ether oxygens (including phenoxy) is 5. The zero-order valence-corrected chi connectivity index (χ0v) is 27.5. The highest BCUT2D eigenvalue weighted by atomic mass is 16.6. The van der Waals surface area contributed by atoms with E-state index < -0.39 is 60.9 Å². The third-order valence-electron chi connectivity index (χ3n) is 7.52. The topological polar surface area (TPSA) is 155 Å². The zero-order valence-electron chi connectivity index (χ0n) is 27.5. The highest BCUT2D eigenvalue weighted by Crippen LogP contribution is 2.24. The van der Waals surface area contributed by atoms with E-state index in [0.29, 0.717) is 0 Å². The first-order valence-electron chi connectivity index (χ1n) is 16.0. The van der Waals surface area contributed by atoms with Crippen LogP contribution < -0.4 is 0 Å². The van der Waals surface area contributed by atoms with Gasteiger partial charge in [-0.05, 0) is 60.7 Å². The molecule has 0 bridgehead atoms. The van der Waals surface area contributed by atoms with E-state index in [1.807, 2.05) is 6.07 Å². The molecule has 0 unspecified atom stereocenters. The Morgan fingerprint density at radius 2 is 0.731 bits per heavy atom. The molecule has 5 aromatic carbocycles. The van der Waals surface area contributed by atoms with Gasteiger partial charge in [0, 0.05) is 0 Å². The van der Waals surface area contributed by atoms with E-state index in [0.717, 1.165) is 0 Å². The molecule has 11 nitrogen and oxygen atoms in total. The SMILES string of the molecule is N#C[C@@H](OC(=O)c1ccccc1)[C@@H](OC(=O)c1ccccc1)[C@H](OC(=O)c1ccccc1)[C@H](COC(=O)c1ccccc1)OC(=O)c1ccccc1. The Balaban J connectivity index is 1.60. The number of rotatable bonds is 14. The van der Waals surface area contributed by atoms with Crippen molar-refractivity contribution in [2.75, 3.05) is 6.61 Å². The molecule has 4 atom stereocenters. The lowest BCUT2D eigenvalue weighted by molar-refractivity contribution is -0.122. The van der Waals surface area contributed by atoms with E-state index in [9.17, 15) is 29.2 Å². The molecule has 0 amide bonds. The standard InChI is InChI=1S/C41H31NO10/c42-26-33(49-38(44)29-18-8-2-9-19-29)35(51-40(46)31-22-12-4-13-23-31)36(52-41(47)32-24-14-5-15-25-32)34(50-39(45)30-20-10-3-11-21-30)27-48-37(43)28-16-6-1-7-17-28/h1-25,33-36H,27H2/t33-,34+,35-,36-/m1/s1. The maximum Gasteiger partial charge on any atom is 0.339 e. The van der Waals surface area contributed by atoms with Crippen LogP contribution in [0.1, 0.15) is 51.8 Å². The summed E-state index contributed by atoms with van der Waals surface area (Å²) < 4.78 is 28.7. The average molecular weight is 698 g/mol. The summed E-state index contributed by atoms with van der Waals surface area (Å²) in [7, 11) is 0. The normalized spacial score (nSPS) is 12.8. The molecule has 0 heterocycles. The van der Waals surface area contributed by atoms with Crippen molar-refractivity contribution in [3.05, 3.63) is 179 Å². The second-order valence-electron chi connectivity index (χ2n) is 11.1. The van der Waals surface area contributed by atoms with Crippen LogP contribution in [0.4, 0.5) is 0 Å². The summed E-state index contributed by atoms with van der Waals surface area (Å²) >= 11 is 0. The highest BCUT2D eigenvalue weighted by molar-refractivity contribution is 5.92. The molecule has 0 aliphatic heterocycles. The van der Waals surface area contributed by atoms with Gasteiger partial charge in [-0.1, -0.05) is 91.0 Å². The van der Waals surface area contributed by atoms with Gasteiger partial charge in [-0.3, -0.25) is 0 Å². The van der Waals surface area contributed by atoms with Gasteiger partial charge in [0.25, 0.3) is 0 Å². The van der Waals surface area contributed by atoms with Gasteiger partial charge in [0.05, 0.1) is 27.8 Å². The highest BCUT2D eigenvalue weighted by Gasteiger charge is 2.46. The van der Waals surface area contributed by atoms with Crippen LogP contribution in [0, 0.1) is 11.3 Å². The Hall–Kier alpha value is -7.06. The summed E-state index contributed by atoms with van der Waals surface area (Å²) in [5, 5.41) is 10.4.